The minimum atomic E-state index is 1.16. The molecule has 0 fully saturated rings. The fourth-order valence-corrected chi connectivity index (χ4v) is 1.52. The summed E-state index contributed by atoms with van der Waals surface area (Å²) < 4.78 is 1.81. The lowest BCUT2D eigenvalue weighted by Crippen LogP contribution is -2.07. The highest BCUT2D eigenvalue weighted by molar-refractivity contribution is 5.64. The molecule has 0 spiro atoms. The summed E-state index contributed by atoms with van der Waals surface area (Å²) in [6.07, 6.45) is 3.90. The monoisotopic (exact) mass is 201 g/mol. The van der Waals surface area contributed by atoms with Crippen molar-refractivity contribution in [2.75, 3.05) is 19.0 Å². The average Bonchev–Trinajstić information content (AvgIpc) is 2.65. The molecular formula is C12H15N3. The van der Waals surface area contributed by atoms with E-state index in [-0.39, 0.29) is 0 Å². The van der Waals surface area contributed by atoms with Crippen molar-refractivity contribution in [1.82, 2.24) is 9.78 Å². The van der Waals surface area contributed by atoms with Crippen molar-refractivity contribution in [2.24, 2.45) is 7.05 Å². The Kier molecular flexibility index (Phi) is 2.46. The zero-order chi connectivity index (χ0) is 10.8. The van der Waals surface area contributed by atoms with Crippen molar-refractivity contribution >= 4 is 5.69 Å². The van der Waals surface area contributed by atoms with E-state index in [4.69, 9.17) is 0 Å². The maximum atomic E-state index is 4.16. The molecule has 78 valence electrons. The van der Waals surface area contributed by atoms with E-state index in [0.717, 1.165) is 5.56 Å². The number of aromatic nitrogens is 2. The van der Waals surface area contributed by atoms with E-state index >= 15 is 0 Å². The number of benzene rings is 1. The van der Waals surface area contributed by atoms with E-state index in [2.05, 4.69) is 34.3 Å². The van der Waals surface area contributed by atoms with Gasteiger partial charge < -0.3 is 4.90 Å². The van der Waals surface area contributed by atoms with Gasteiger partial charge in [-0.3, -0.25) is 4.68 Å². The van der Waals surface area contributed by atoms with Crippen LogP contribution in [0, 0.1) is 0 Å². The van der Waals surface area contributed by atoms with Crippen molar-refractivity contribution in [3.63, 3.8) is 0 Å². The van der Waals surface area contributed by atoms with E-state index in [9.17, 15) is 0 Å². The highest BCUT2D eigenvalue weighted by atomic mass is 15.2. The van der Waals surface area contributed by atoms with E-state index in [1.807, 2.05) is 38.2 Å². The third-order valence-corrected chi connectivity index (χ3v) is 2.42. The van der Waals surface area contributed by atoms with Gasteiger partial charge in [-0.05, 0) is 17.7 Å². The fourth-order valence-electron chi connectivity index (χ4n) is 1.52. The smallest absolute Gasteiger partial charge is 0.0568 e. The molecule has 0 radical (unpaired) electrons. The lowest BCUT2D eigenvalue weighted by Gasteiger charge is -2.12. The first kappa shape index (κ1) is 9.77. The summed E-state index contributed by atoms with van der Waals surface area (Å²) in [7, 11) is 6.01. The molecule has 3 heteroatoms. The van der Waals surface area contributed by atoms with Crippen molar-refractivity contribution < 1.29 is 0 Å². The van der Waals surface area contributed by atoms with E-state index in [1.165, 1.54) is 11.3 Å². The van der Waals surface area contributed by atoms with Gasteiger partial charge in [0.05, 0.1) is 6.20 Å². The standard InChI is InChI=1S/C12H15N3/c1-14(2)12-6-4-10(5-7-12)11-8-13-15(3)9-11/h4-9H,1-3H3. The van der Waals surface area contributed by atoms with Crippen LogP contribution in [0.15, 0.2) is 36.7 Å². The van der Waals surface area contributed by atoms with Gasteiger partial charge in [-0.15, -0.1) is 0 Å². The molecule has 0 unspecified atom stereocenters. The topological polar surface area (TPSA) is 21.1 Å². The maximum absolute atomic E-state index is 4.16. The molecule has 0 aliphatic heterocycles. The molecule has 1 aromatic carbocycles. The number of nitrogens with zero attached hydrogens (tertiary/aromatic N) is 3. The van der Waals surface area contributed by atoms with Gasteiger partial charge >= 0.3 is 0 Å². The van der Waals surface area contributed by atoms with E-state index in [1.54, 1.807) is 0 Å². The molecule has 2 rings (SSSR count). The second-order valence-corrected chi connectivity index (χ2v) is 3.84. The first-order valence-electron chi connectivity index (χ1n) is 4.93. The Morgan fingerprint density at radius 2 is 1.73 bits per heavy atom. The Hall–Kier alpha value is -1.77. The van der Waals surface area contributed by atoms with Crippen LogP contribution < -0.4 is 4.90 Å². The molecule has 0 aliphatic carbocycles. The zero-order valence-electron chi connectivity index (χ0n) is 9.31. The van der Waals surface area contributed by atoms with Crippen molar-refractivity contribution in [3.05, 3.63) is 36.7 Å². The van der Waals surface area contributed by atoms with Gasteiger partial charge in [-0.2, -0.15) is 5.10 Å². The van der Waals surface area contributed by atoms with Crippen LogP contribution in [0.1, 0.15) is 0 Å². The predicted molar refractivity (Wildman–Crippen MR) is 63.0 cm³/mol. The largest absolute Gasteiger partial charge is 0.378 e. The van der Waals surface area contributed by atoms with Gasteiger partial charge in [0.15, 0.2) is 0 Å². The Morgan fingerprint density at radius 3 is 2.20 bits per heavy atom. The third kappa shape index (κ3) is 2.01. The second kappa shape index (κ2) is 3.77. The van der Waals surface area contributed by atoms with Gasteiger partial charge in [0, 0.05) is 38.6 Å². The summed E-state index contributed by atoms with van der Waals surface area (Å²) in [6, 6.07) is 8.46. The Balaban J connectivity index is 2.31. The highest BCUT2D eigenvalue weighted by Gasteiger charge is 2.00. The molecule has 1 heterocycles. The lowest BCUT2D eigenvalue weighted by molar-refractivity contribution is 0.768. The van der Waals surface area contributed by atoms with Gasteiger partial charge in [0.1, 0.15) is 0 Å². The maximum Gasteiger partial charge on any atom is 0.0568 e. The summed E-state index contributed by atoms with van der Waals surface area (Å²) in [5.74, 6) is 0. The van der Waals surface area contributed by atoms with Crippen LogP contribution >= 0.6 is 0 Å². The zero-order valence-corrected chi connectivity index (χ0v) is 9.31. The van der Waals surface area contributed by atoms with E-state index < -0.39 is 0 Å². The molecule has 0 saturated heterocycles. The van der Waals surface area contributed by atoms with Crippen LogP contribution in [-0.2, 0) is 7.05 Å². The highest BCUT2D eigenvalue weighted by Crippen LogP contribution is 2.21. The van der Waals surface area contributed by atoms with Crippen LogP contribution in [0.3, 0.4) is 0 Å². The van der Waals surface area contributed by atoms with Crippen LogP contribution in [0.4, 0.5) is 5.69 Å². The molecule has 2 aromatic rings. The Labute approximate surface area is 90.0 Å². The molecular weight excluding hydrogens is 186 g/mol. The lowest BCUT2D eigenvalue weighted by atomic mass is 10.1. The molecule has 3 nitrogen and oxygen atoms in total. The van der Waals surface area contributed by atoms with Gasteiger partial charge in [0.2, 0.25) is 0 Å². The summed E-state index contributed by atoms with van der Waals surface area (Å²) >= 11 is 0. The fraction of sp³-hybridized carbons (Fsp3) is 0.250. The molecule has 0 aliphatic rings. The predicted octanol–water partition coefficient (Wildman–Crippen LogP) is 2.15. The van der Waals surface area contributed by atoms with Crippen molar-refractivity contribution in [3.8, 4) is 11.1 Å². The molecule has 1 aromatic heterocycles. The molecule has 15 heavy (non-hydrogen) atoms. The SMILES string of the molecule is CN(C)c1ccc(-c2cnn(C)c2)cc1. The number of rotatable bonds is 2. The minimum absolute atomic E-state index is 1.16. The molecule has 0 N–H and O–H groups in total. The van der Waals surface area contributed by atoms with Crippen molar-refractivity contribution in [1.29, 1.82) is 0 Å². The second-order valence-electron chi connectivity index (χ2n) is 3.84. The Morgan fingerprint density at radius 1 is 1.07 bits per heavy atom. The number of hydrogen-bond acceptors (Lipinski definition) is 2. The number of hydrogen-bond donors (Lipinski definition) is 0. The van der Waals surface area contributed by atoms with Gasteiger partial charge in [0.25, 0.3) is 0 Å². The normalized spacial score (nSPS) is 10.3. The van der Waals surface area contributed by atoms with Crippen LogP contribution in [-0.4, -0.2) is 23.9 Å². The van der Waals surface area contributed by atoms with Crippen molar-refractivity contribution in [2.45, 2.75) is 0 Å². The molecule has 0 amide bonds. The quantitative estimate of drug-likeness (QED) is 0.742. The molecule has 0 atom stereocenters. The Bertz CT molecular complexity index is 440. The number of anilines is 1. The minimum Gasteiger partial charge on any atom is -0.378 e. The summed E-state index contributed by atoms with van der Waals surface area (Å²) in [6.45, 7) is 0. The molecule has 0 saturated carbocycles. The van der Waals surface area contributed by atoms with E-state index in [0.29, 0.717) is 0 Å². The third-order valence-electron chi connectivity index (χ3n) is 2.42. The van der Waals surface area contributed by atoms with Gasteiger partial charge in [-0.25, -0.2) is 0 Å². The number of aryl methyl sites for hydroxylation is 1. The summed E-state index contributed by atoms with van der Waals surface area (Å²) in [5, 5.41) is 4.16. The van der Waals surface area contributed by atoms with Crippen LogP contribution in [0.2, 0.25) is 0 Å². The molecule has 0 bridgehead atoms. The first-order valence-corrected chi connectivity index (χ1v) is 4.93. The van der Waals surface area contributed by atoms with Crippen LogP contribution in [0.25, 0.3) is 11.1 Å². The first-order chi connectivity index (χ1) is 7.16. The van der Waals surface area contributed by atoms with Crippen LogP contribution in [0.5, 0.6) is 0 Å². The average molecular weight is 201 g/mol. The van der Waals surface area contributed by atoms with Gasteiger partial charge in [-0.1, -0.05) is 12.1 Å². The summed E-state index contributed by atoms with van der Waals surface area (Å²) in [5.41, 5.74) is 3.57. The summed E-state index contributed by atoms with van der Waals surface area (Å²) in [4.78, 5) is 2.09.